The first-order valence-electron chi connectivity index (χ1n) is 12.2. The number of pyridine rings is 1. The SMILES string of the molecule is COCCO[C@]1(C(=O)O)CC[C@H](c2nc3c(-c4ccc(-c5nccs5)nc4)cnn3c(N)c2C(C)=O)CC1. The maximum Gasteiger partial charge on any atom is 0.335 e. The number of aromatic nitrogens is 5. The molecule has 1 aliphatic carbocycles. The Bertz CT molecular complexity index is 1460. The molecular weight excluding hydrogens is 508 g/mol. The van der Waals surface area contributed by atoms with Crippen LogP contribution in [0, 0.1) is 0 Å². The van der Waals surface area contributed by atoms with Crippen molar-refractivity contribution in [3.05, 3.63) is 47.4 Å². The maximum absolute atomic E-state index is 12.7. The highest BCUT2D eigenvalue weighted by atomic mass is 32.1. The highest BCUT2D eigenvalue weighted by Gasteiger charge is 2.44. The average Bonchev–Trinajstić information content (AvgIpc) is 3.60. The van der Waals surface area contributed by atoms with Crippen molar-refractivity contribution in [3.63, 3.8) is 0 Å². The molecule has 1 fully saturated rings. The molecule has 0 amide bonds. The van der Waals surface area contributed by atoms with Crippen molar-refractivity contribution in [3.8, 4) is 21.8 Å². The third kappa shape index (κ3) is 4.66. The third-order valence-corrected chi connectivity index (χ3v) is 7.82. The van der Waals surface area contributed by atoms with Gasteiger partial charge in [-0.1, -0.05) is 6.07 Å². The number of nitrogens with two attached hydrogens (primary N) is 1. The van der Waals surface area contributed by atoms with Gasteiger partial charge in [-0.2, -0.15) is 9.61 Å². The second kappa shape index (κ2) is 10.6. The van der Waals surface area contributed by atoms with Gasteiger partial charge >= 0.3 is 5.97 Å². The largest absolute Gasteiger partial charge is 0.479 e. The second-order valence-electron chi connectivity index (χ2n) is 9.29. The van der Waals surface area contributed by atoms with E-state index in [-0.39, 0.29) is 37.0 Å². The number of fused-ring (bicyclic) bond motifs is 1. The van der Waals surface area contributed by atoms with E-state index in [1.807, 2.05) is 17.5 Å². The molecule has 11 nitrogen and oxygen atoms in total. The number of anilines is 1. The van der Waals surface area contributed by atoms with Gasteiger partial charge in [-0.25, -0.2) is 14.8 Å². The minimum absolute atomic E-state index is 0.159. The van der Waals surface area contributed by atoms with Gasteiger partial charge in [0.2, 0.25) is 0 Å². The van der Waals surface area contributed by atoms with Gasteiger partial charge in [0, 0.05) is 41.9 Å². The molecule has 198 valence electrons. The molecule has 0 aliphatic heterocycles. The summed E-state index contributed by atoms with van der Waals surface area (Å²) >= 11 is 1.51. The van der Waals surface area contributed by atoms with Crippen LogP contribution in [0.4, 0.5) is 5.82 Å². The van der Waals surface area contributed by atoms with E-state index in [4.69, 9.17) is 20.2 Å². The fourth-order valence-corrected chi connectivity index (χ4v) is 5.63. The number of thiazole rings is 1. The van der Waals surface area contributed by atoms with Crippen molar-refractivity contribution in [2.45, 2.75) is 44.1 Å². The number of rotatable bonds is 9. The Hall–Kier alpha value is -3.74. The van der Waals surface area contributed by atoms with Crippen LogP contribution in [0.2, 0.25) is 0 Å². The van der Waals surface area contributed by atoms with E-state index >= 15 is 0 Å². The second-order valence-corrected chi connectivity index (χ2v) is 10.2. The molecule has 0 atom stereocenters. The molecular formula is C26H28N6O5S. The van der Waals surface area contributed by atoms with Gasteiger partial charge in [0.05, 0.1) is 36.4 Å². The lowest BCUT2D eigenvalue weighted by molar-refractivity contribution is -0.173. The molecule has 0 radical (unpaired) electrons. The summed E-state index contributed by atoms with van der Waals surface area (Å²) in [6.07, 6.45) is 6.67. The first-order valence-corrected chi connectivity index (χ1v) is 13.1. The number of hydrogen-bond acceptors (Lipinski definition) is 10. The number of Topliss-reactive ketones (excluding diaryl/α,β-unsaturated/α-hetero) is 1. The van der Waals surface area contributed by atoms with Crippen LogP contribution in [-0.4, -0.2) is 67.3 Å². The summed E-state index contributed by atoms with van der Waals surface area (Å²) in [6, 6.07) is 3.82. The van der Waals surface area contributed by atoms with Gasteiger partial charge in [-0.05, 0) is 38.7 Å². The Balaban J connectivity index is 1.50. The number of carbonyl (C=O) groups excluding carboxylic acids is 1. The quantitative estimate of drug-likeness (QED) is 0.238. The van der Waals surface area contributed by atoms with E-state index in [0.29, 0.717) is 36.4 Å². The van der Waals surface area contributed by atoms with Crippen LogP contribution < -0.4 is 5.73 Å². The molecule has 38 heavy (non-hydrogen) atoms. The van der Waals surface area contributed by atoms with Crippen LogP contribution in [0.25, 0.3) is 27.5 Å². The zero-order valence-electron chi connectivity index (χ0n) is 21.1. The zero-order valence-corrected chi connectivity index (χ0v) is 21.9. The van der Waals surface area contributed by atoms with Crippen molar-refractivity contribution in [2.24, 2.45) is 0 Å². The standard InChI is InChI=1S/C26H28N6O5S/c1-15(33)20-21(16-5-7-26(8-6-16,25(34)35)37-11-10-36-2)31-23-18(14-30-32(23)22(20)27)17-3-4-19(29-13-17)24-28-9-12-38-24/h3-4,9,12-14,16H,5-8,10-11,27H2,1-2H3,(H,34,35)/t16-,26+. The molecule has 1 saturated carbocycles. The lowest BCUT2D eigenvalue weighted by Crippen LogP contribution is -2.45. The van der Waals surface area contributed by atoms with Gasteiger partial charge in [-0.15, -0.1) is 11.3 Å². The summed E-state index contributed by atoms with van der Waals surface area (Å²) in [5, 5.41) is 17.0. The first kappa shape index (κ1) is 25.9. The van der Waals surface area contributed by atoms with E-state index in [2.05, 4.69) is 15.1 Å². The fraction of sp³-hybridized carbons (Fsp3) is 0.385. The lowest BCUT2D eigenvalue weighted by Gasteiger charge is -2.37. The lowest BCUT2D eigenvalue weighted by atomic mass is 9.76. The Labute approximate surface area is 222 Å². The van der Waals surface area contributed by atoms with Crippen LogP contribution >= 0.6 is 11.3 Å². The Morgan fingerprint density at radius 3 is 2.61 bits per heavy atom. The number of carboxylic acids is 1. The molecule has 3 N–H and O–H groups in total. The number of ether oxygens (including phenoxy) is 2. The molecule has 1 aliphatic rings. The molecule has 0 saturated heterocycles. The van der Waals surface area contributed by atoms with Crippen molar-refractivity contribution in [2.75, 3.05) is 26.1 Å². The van der Waals surface area contributed by atoms with Gasteiger partial charge in [0.25, 0.3) is 0 Å². The van der Waals surface area contributed by atoms with Crippen LogP contribution in [0.5, 0.6) is 0 Å². The molecule has 0 bridgehead atoms. The molecule has 0 unspecified atom stereocenters. The summed E-state index contributed by atoms with van der Waals surface area (Å²) in [4.78, 5) is 38.6. The Morgan fingerprint density at radius 1 is 1.21 bits per heavy atom. The minimum Gasteiger partial charge on any atom is -0.479 e. The minimum atomic E-state index is -1.28. The summed E-state index contributed by atoms with van der Waals surface area (Å²) < 4.78 is 12.3. The molecule has 4 heterocycles. The van der Waals surface area contributed by atoms with Gasteiger partial charge in [0.15, 0.2) is 17.0 Å². The first-order chi connectivity index (χ1) is 18.3. The van der Waals surface area contributed by atoms with E-state index in [1.165, 1.54) is 22.8 Å². The van der Waals surface area contributed by atoms with E-state index in [9.17, 15) is 14.7 Å². The fourth-order valence-electron chi connectivity index (χ4n) is 5.02. The molecule has 5 rings (SSSR count). The predicted octanol–water partition coefficient (Wildman–Crippen LogP) is 3.84. The van der Waals surface area contributed by atoms with Crippen LogP contribution in [-0.2, 0) is 14.3 Å². The Morgan fingerprint density at radius 2 is 2.00 bits per heavy atom. The smallest absolute Gasteiger partial charge is 0.335 e. The van der Waals surface area contributed by atoms with Crippen LogP contribution in [0.1, 0.15) is 54.6 Å². The van der Waals surface area contributed by atoms with Crippen molar-refractivity contribution in [1.82, 2.24) is 24.6 Å². The summed E-state index contributed by atoms with van der Waals surface area (Å²) in [6.45, 7) is 1.95. The number of nitrogen functional groups attached to an aromatic ring is 1. The summed E-state index contributed by atoms with van der Waals surface area (Å²) in [5.41, 5.74) is 8.88. The number of nitrogens with zero attached hydrogens (tertiary/aromatic N) is 5. The number of carboxylic acid groups (broad SMARTS) is 1. The molecule has 0 aromatic carbocycles. The van der Waals surface area contributed by atoms with Gasteiger partial charge in [-0.3, -0.25) is 9.78 Å². The number of ketones is 1. The highest BCUT2D eigenvalue weighted by molar-refractivity contribution is 7.13. The number of carbonyl (C=O) groups is 2. The van der Waals surface area contributed by atoms with Crippen LogP contribution in [0.15, 0.2) is 36.1 Å². The van der Waals surface area contributed by atoms with Crippen molar-refractivity contribution in [1.29, 1.82) is 0 Å². The van der Waals surface area contributed by atoms with Gasteiger partial charge < -0.3 is 20.3 Å². The molecule has 4 aromatic rings. The number of methoxy groups -OCH3 is 1. The maximum atomic E-state index is 12.7. The van der Waals surface area contributed by atoms with Crippen LogP contribution in [0.3, 0.4) is 0 Å². The number of aliphatic carboxylic acids is 1. The molecule has 0 spiro atoms. The summed E-state index contributed by atoms with van der Waals surface area (Å²) in [7, 11) is 1.54. The van der Waals surface area contributed by atoms with E-state index in [1.54, 1.807) is 25.7 Å². The normalized spacial score (nSPS) is 19.6. The average molecular weight is 537 g/mol. The van der Waals surface area contributed by atoms with Gasteiger partial charge in [0.1, 0.15) is 10.8 Å². The van der Waals surface area contributed by atoms with Crippen molar-refractivity contribution >= 4 is 34.6 Å². The van der Waals surface area contributed by atoms with E-state index in [0.717, 1.165) is 21.8 Å². The monoisotopic (exact) mass is 536 g/mol. The van der Waals surface area contributed by atoms with E-state index < -0.39 is 11.6 Å². The zero-order chi connectivity index (χ0) is 26.9. The number of hydrogen-bond donors (Lipinski definition) is 2. The molecule has 4 aromatic heterocycles. The topological polar surface area (TPSA) is 155 Å². The Kier molecular flexibility index (Phi) is 7.19. The third-order valence-electron chi connectivity index (χ3n) is 7.02. The highest BCUT2D eigenvalue weighted by Crippen LogP contribution is 2.42. The van der Waals surface area contributed by atoms with Crippen molar-refractivity contribution < 1.29 is 24.2 Å². The predicted molar refractivity (Wildman–Crippen MR) is 141 cm³/mol. The summed E-state index contributed by atoms with van der Waals surface area (Å²) in [5.74, 6) is -1.16. The molecule has 12 heteroatoms.